The van der Waals surface area contributed by atoms with Gasteiger partial charge in [0.2, 0.25) is 0 Å². The maximum atomic E-state index is 13.7. The molecule has 0 bridgehead atoms. The summed E-state index contributed by atoms with van der Waals surface area (Å²) < 4.78 is 21.3. The maximum absolute atomic E-state index is 13.7. The third-order valence-corrected chi connectivity index (χ3v) is 7.17. The van der Waals surface area contributed by atoms with Gasteiger partial charge >= 0.3 is 0 Å². The Morgan fingerprint density at radius 3 is 2.53 bits per heavy atom. The van der Waals surface area contributed by atoms with E-state index in [2.05, 4.69) is 83.0 Å². The quantitative estimate of drug-likeness (QED) is 0.286. The number of halogens is 1. The second-order valence-electron chi connectivity index (χ2n) is 9.47. The number of imidazole rings is 1. The zero-order chi connectivity index (χ0) is 25.1. The summed E-state index contributed by atoms with van der Waals surface area (Å²) in [5.41, 5.74) is 6.36. The topological polar surface area (TPSA) is 30.3 Å². The monoisotopic (exact) mass is 481 g/mol. The van der Waals surface area contributed by atoms with Crippen LogP contribution >= 0.6 is 0 Å². The van der Waals surface area contributed by atoms with E-state index in [1.807, 2.05) is 24.5 Å². The van der Waals surface area contributed by atoms with Crippen LogP contribution in [0.25, 0.3) is 12.2 Å². The van der Waals surface area contributed by atoms with E-state index in [1.165, 1.54) is 28.8 Å². The van der Waals surface area contributed by atoms with Gasteiger partial charge in [-0.1, -0.05) is 43.3 Å². The average Bonchev–Trinajstić information content (AvgIpc) is 3.36. The summed E-state index contributed by atoms with van der Waals surface area (Å²) in [6, 6.07) is 21.9. The SMILES string of the molecule is CCCn1cnc(/C=C/c2ccc(C3(C)c4ccc(OC)cc4CCN3c3ccc(F)cc3)cc2)c1. The van der Waals surface area contributed by atoms with Crippen molar-refractivity contribution in [3.05, 3.63) is 113 Å². The number of ether oxygens (including phenoxy) is 1. The molecule has 0 N–H and O–H groups in total. The molecule has 4 nitrogen and oxygen atoms in total. The lowest BCUT2D eigenvalue weighted by atomic mass is 9.76. The summed E-state index contributed by atoms with van der Waals surface area (Å²) in [5, 5.41) is 0. The Kier molecular flexibility index (Phi) is 6.64. The van der Waals surface area contributed by atoms with E-state index in [9.17, 15) is 4.39 Å². The van der Waals surface area contributed by atoms with Gasteiger partial charge in [0.05, 0.1) is 24.7 Å². The first-order valence-corrected chi connectivity index (χ1v) is 12.5. The summed E-state index contributed by atoms with van der Waals surface area (Å²) in [4.78, 5) is 6.85. The summed E-state index contributed by atoms with van der Waals surface area (Å²) in [5.74, 6) is 0.645. The van der Waals surface area contributed by atoms with Crippen LogP contribution in [-0.2, 0) is 18.5 Å². The highest BCUT2D eigenvalue weighted by Gasteiger charge is 2.40. The molecule has 1 aromatic heterocycles. The lowest BCUT2D eigenvalue weighted by Crippen LogP contribution is -2.49. The Morgan fingerprint density at radius 2 is 1.81 bits per heavy atom. The molecule has 3 aromatic carbocycles. The highest BCUT2D eigenvalue weighted by Crippen LogP contribution is 2.44. The molecular weight excluding hydrogens is 449 g/mol. The first-order valence-electron chi connectivity index (χ1n) is 12.5. The Morgan fingerprint density at radius 1 is 1.03 bits per heavy atom. The fraction of sp³-hybridized carbons (Fsp3) is 0.258. The van der Waals surface area contributed by atoms with Crippen molar-refractivity contribution in [3.63, 3.8) is 0 Å². The zero-order valence-corrected chi connectivity index (χ0v) is 21.1. The number of nitrogens with zero attached hydrogens (tertiary/aromatic N) is 3. The van der Waals surface area contributed by atoms with Crippen molar-refractivity contribution in [2.24, 2.45) is 0 Å². The standard InChI is InChI=1S/C31H32FN3O/c1-4-18-34-21-27(33-22-34)12-7-23-5-8-25(9-6-23)31(2)30-16-15-29(36-3)20-24(30)17-19-35(31)28-13-10-26(32)11-14-28/h5-16,20-22H,4,17-19H2,1-3H3/b12-7+. The van der Waals surface area contributed by atoms with Gasteiger partial charge in [0.15, 0.2) is 0 Å². The highest BCUT2D eigenvalue weighted by atomic mass is 19.1. The van der Waals surface area contributed by atoms with Crippen molar-refractivity contribution in [3.8, 4) is 5.75 Å². The van der Waals surface area contributed by atoms with E-state index in [1.54, 1.807) is 7.11 Å². The van der Waals surface area contributed by atoms with Crippen molar-refractivity contribution in [2.75, 3.05) is 18.6 Å². The molecule has 1 aliphatic rings. The maximum Gasteiger partial charge on any atom is 0.123 e. The molecule has 36 heavy (non-hydrogen) atoms. The molecule has 0 aliphatic carbocycles. The van der Waals surface area contributed by atoms with E-state index in [0.29, 0.717) is 0 Å². The van der Waals surface area contributed by atoms with Crippen molar-refractivity contribution < 1.29 is 9.13 Å². The molecule has 5 rings (SSSR count). The number of fused-ring (bicyclic) bond motifs is 1. The Balaban J connectivity index is 1.50. The third-order valence-electron chi connectivity index (χ3n) is 7.17. The van der Waals surface area contributed by atoms with Gasteiger partial charge in [0, 0.05) is 25.0 Å². The van der Waals surface area contributed by atoms with E-state index in [0.717, 1.165) is 48.6 Å². The number of anilines is 1. The number of rotatable bonds is 7. The minimum Gasteiger partial charge on any atom is -0.497 e. The van der Waals surface area contributed by atoms with Crippen LogP contribution in [0.5, 0.6) is 5.75 Å². The average molecular weight is 482 g/mol. The Bertz CT molecular complexity index is 1360. The Hall–Kier alpha value is -3.86. The van der Waals surface area contributed by atoms with Gasteiger partial charge in [0.1, 0.15) is 11.6 Å². The van der Waals surface area contributed by atoms with Gasteiger partial charge in [-0.15, -0.1) is 0 Å². The molecule has 1 atom stereocenters. The lowest BCUT2D eigenvalue weighted by Gasteiger charge is -2.48. The predicted octanol–water partition coefficient (Wildman–Crippen LogP) is 6.94. The molecule has 1 aliphatic heterocycles. The van der Waals surface area contributed by atoms with Crippen LogP contribution in [0, 0.1) is 5.82 Å². The van der Waals surface area contributed by atoms with Crippen LogP contribution in [0.2, 0.25) is 0 Å². The van der Waals surface area contributed by atoms with E-state index < -0.39 is 5.54 Å². The number of hydrogen-bond acceptors (Lipinski definition) is 3. The third kappa shape index (κ3) is 4.53. The van der Waals surface area contributed by atoms with Crippen molar-refractivity contribution in [1.82, 2.24) is 9.55 Å². The molecule has 0 radical (unpaired) electrons. The molecule has 0 spiro atoms. The van der Waals surface area contributed by atoms with Crippen LogP contribution in [-0.4, -0.2) is 23.2 Å². The lowest BCUT2D eigenvalue weighted by molar-refractivity contribution is 0.411. The van der Waals surface area contributed by atoms with Crippen LogP contribution in [0.3, 0.4) is 0 Å². The van der Waals surface area contributed by atoms with E-state index >= 15 is 0 Å². The largest absolute Gasteiger partial charge is 0.497 e. The van der Waals surface area contributed by atoms with Crippen LogP contribution in [0.15, 0.2) is 79.3 Å². The molecular formula is C31H32FN3O. The molecule has 2 heterocycles. The summed E-state index contributed by atoms with van der Waals surface area (Å²) in [6.45, 7) is 6.22. The fourth-order valence-corrected chi connectivity index (χ4v) is 5.24. The number of aryl methyl sites for hydroxylation is 1. The van der Waals surface area contributed by atoms with Crippen LogP contribution < -0.4 is 9.64 Å². The first-order chi connectivity index (χ1) is 17.5. The summed E-state index contributed by atoms with van der Waals surface area (Å²) in [6.07, 6.45) is 10.1. The van der Waals surface area contributed by atoms with E-state index in [4.69, 9.17) is 4.74 Å². The molecule has 0 fully saturated rings. The van der Waals surface area contributed by atoms with Crippen molar-refractivity contribution in [1.29, 1.82) is 0 Å². The van der Waals surface area contributed by atoms with Crippen molar-refractivity contribution >= 4 is 17.8 Å². The van der Waals surface area contributed by atoms with E-state index in [-0.39, 0.29) is 5.82 Å². The Labute approximate surface area is 212 Å². The number of aromatic nitrogens is 2. The molecule has 4 aromatic rings. The second kappa shape index (κ2) is 10.0. The number of methoxy groups -OCH3 is 1. The highest BCUT2D eigenvalue weighted by molar-refractivity contribution is 5.68. The molecule has 0 saturated heterocycles. The minimum atomic E-state index is -0.418. The normalized spacial score (nSPS) is 17.4. The molecule has 1 unspecified atom stereocenters. The fourth-order valence-electron chi connectivity index (χ4n) is 5.24. The molecule has 0 saturated carbocycles. The number of benzene rings is 3. The van der Waals surface area contributed by atoms with Gasteiger partial charge in [-0.3, -0.25) is 0 Å². The minimum absolute atomic E-state index is 0.224. The second-order valence-corrected chi connectivity index (χ2v) is 9.47. The molecule has 5 heteroatoms. The van der Waals surface area contributed by atoms with Crippen LogP contribution in [0.4, 0.5) is 10.1 Å². The van der Waals surface area contributed by atoms with Gasteiger partial charge in [-0.25, -0.2) is 9.37 Å². The number of hydrogen-bond donors (Lipinski definition) is 0. The first kappa shape index (κ1) is 23.9. The smallest absolute Gasteiger partial charge is 0.123 e. The summed E-state index contributed by atoms with van der Waals surface area (Å²) in [7, 11) is 1.70. The summed E-state index contributed by atoms with van der Waals surface area (Å²) >= 11 is 0. The molecule has 184 valence electrons. The van der Waals surface area contributed by atoms with Crippen LogP contribution in [0.1, 0.15) is 48.2 Å². The van der Waals surface area contributed by atoms with Gasteiger partial charge in [-0.2, -0.15) is 0 Å². The predicted molar refractivity (Wildman–Crippen MR) is 145 cm³/mol. The van der Waals surface area contributed by atoms with Gasteiger partial charge in [0.25, 0.3) is 0 Å². The van der Waals surface area contributed by atoms with Gasteiger partial charge < -0.3 is 14.2 Å². The zero-order valence-electron chi connectivity index (χ0n) is 21.1. The van der Waals surface area contributed by atoms with Gasteiger partial charge in [-0.05, 0) is 84.5 Å². The van der Waals surface area contributed by atoms with Crippen molar-refractivity contribution in [2.45, 2.75) is 38.8 Å². The molecule has 0 amide bonds.